The van der Waals surface area contributed by atoms with E-state index in [1.165, 1.54) is 0 Å². The first kappa shape index (κ1) is 14.1. The van der Waals surface area contributed by atoms with Crippen LogP contribution in [0, 0.1) is 20.2 Å². The fourth-order valence-electron chi connectivity index (χ4n) is 2.07. The van der Waals surface area contributed by atoms with Crippen molar-refractivity contribution < 1.29 is 24.5 Å². The summed E-state index contributed by atoms with van der Waals surface area (Å²) in [4.78, 5) is 43.5. The van der Waals surface area contributed by atoms with E-state index in [4.69, 9.17) is 5.11 Å². The van der Waals surface area contributed by atoms with E-state index in [1.54, 1.807) is 0 Å². The van der Waals surface area contributed by atoms with Gasteiger partial charge in [0.25, 0.3) is 23.2 Å². The quantitative estimate of drug-likeness (QED) is 0.363. The van der Waals surface area contributed by atoms with Crippen molar-refractivity contribution in [1.29, 1.82) is 0 Å². The van der Waals surface area contributed by atoms with E-state index < -0.39 is 44.2 Å². The van der Waals surface area contributed by atoms with E-state index in [9.17, 15) is 29.8 Å². The molecule has 21 heavy (non-hydrogen) atoms. The zero-order chi connectivity index (χ0) is 15.7. The molecule has 0 saturated carbocycles. The maximum absolute atomic E-state index is 11.6. The molecular weight excluding hydrogens is 286 g/mol. The summed E-state index contributed by atoms with van der Waals surface area (Å²) in [7, 11) is 0. The number of imide groups is 1. The molecule has 0 bridgehead atoms. The van der Waals surface area contributed by atoms with Crippen LogP contribution in [0.4, 0.5) is 11.4 Å². The lowest BCUT2D eigenvalue weighted by atomic mass is 9.98. The number of carbonyl (C=O) groups is 2. The molecule has 0 fully saturated rings. The number of amides is 2. The maximum Gasteiger partial charge on any atom is 0.293 e. The summed E-state index contributed by atoms with van der Waals surface area (Å²) in [5.74, 6) is -1.91. The number of carbonyl (C=O) groups excluding carboxylic acids is 2. The standard InChI is InChI=1S/C11H7N3O7/c15-3-1-2-5-7(13(18)19)4-6-8(9(5)14(20)21)11(17)12-10(6)16/h1,3-4,15H,2H2,(H,12,16,17). The van der Waals surface area contributed by atoms with E-state index in [-0.39, 0.29) is 12.0 Å². The van der Waals surface area contributed by atoms with Crippen molar-refractivity contribution >= 4 is 23.2 Å². The molecule has 10 nitrogen and oxygen atoms in total. The molecule has 108 valence electrons. The molecule has 1 heterocycles. The lowest BCUT2D eigenvalue weighted by molar-refractivity contribution is -0.395. The number of hydrogen-bond donors (Lipinski definition) is 2. The van der Waals surface area contributed by atoms with Crippen LogP contribution in [-0.2, 0) is 6.42 Å². The first-order chi connectivity index (χ1) is 9.88. The first-order valence-corrected chi connectivity index (χ1v) is 5.52. The highest BCUT2D eigenvalue weighted by molar-refractivity contribution is 6.24. The van der Waals surface area contributed by atoms with E-state index in [0.717, 1.165) is 12.1 Å². The molecule has 1 aromatic carbocycles. The molecule has 0 spiro atoms. The van der Waals surface area contributed by atoms with Crippen LogP contribution < -0.4 is 5.32 Å². The van der Waals surface area contributed by atoms with Gasteiger partial charge in [-0.3, -0.25) is 35.1 Å². The van der Waals surface area contributed by atoms with Gasteiger partial charge < -0.3 is 5.11 Å². The van der Waals surface area contributed by atoms with Crippen molar-refractivity contribution in [2.75, 3.05) is 0 Å². The molecule has 2 amide bonds. The lowest BCUT2D eigenvalue weighted by Gasteiger charge is -2.05. The largest absolute Gasteiger partial charge is 0.516 e. The van der Waals surface area contributed by atoms with Crippen LogP contribution >= 0.6 is 0 Å². The fraction of sp³-hybridized carbons (Fsp3) is 0.0909. The molecule has 1 aromatic rings. The van der Waals surface area contributed by atoms with Gasteiger partial charge >= 0.3 is 0 Å². The number of nitro benzene ring substituents is 2. The van der Waals surface area contributed by atoms with Crippen LogP contribution in [0.15, 0.2) is 18.4 Å². The van der Waals surface area contributed by atoms with Crippen molar-refractivity contribution in [1.82, 2.24) is 5.32 Å². The smallest absolute Gasteiger partial charge is 0.293 e. The van der Waals surface area contributed by atoms with Crippen molar-refractivity contribution in [3.63, 3.8) is 0 Å². The molecule has 0 atom stereocenters. The van der Waals surface area contributed by atoms with Crippen LogP contribution in [-0.4, -0.2) is 26.8 Å². The van der Waals surface area contributed by atoms with Crippen LogP contribution in [0.2, 0.25) is 0 Å². The molecule has 2 N–H and O–H groups in total. The van der Waals surface area contributed by atoms with Gasteiger partial charge in [-0.2, -0.15) is 0 Å². The molecular formula is C11H7N3O7. The van der Waals surface area contributed by atoms with E-state index >= 15 is 0 Å². The minimum Gasteiger partial charge on any atom is -0.516 e. The number of nitrogens with zero attached hydrogens (tertiary/aromatic N) is 2. The van der Waals surface area contributed by atoms with E-state index in [1.807, 2.05) is 5.32 Å². The number of nitro groups is 2. The summed E-state index contributed by atoms with van der Waals surface area (Å²) in [5, 5.41) is 32.7. The predicted octanol–water partition coefficient (Wildman–Crippen LogP) is 1.00. The fourth-order valence-corrected chi connectivity index (χ4v) is 2.07. The van der Waals surface area contributed by atoms with Gasteiger partial charge in [-0.25, -0.2) is 0 Å². The Labute approximate surface area is 116 Å². The van der Waals surface area contributed by atoms with Gasteiger partial charge in [-0.05, 0) is 6.08 Å². The van der Waals surface area contributed by atoms with Gasteiger partial charge in [0.2, 0.25) is 0 Å². The second kappa shape index (κ2) is 5.00. The summed E-state index contributed by atoms with van der Waals surface area (Å²) < 4.78 is 0. The third-order valence-corrected chi connectivity index (χ3v) is 2.89. The lowest BCUT2D eigenvalue weighted by Crippen LogP contribution is -2.20. The first-order valence-electron chi connectivity index (χ1n) is 5.52. The number of hydrogen-bond acceptors (Lipinski definition) is 7. The van der Waals surface area contributed by atoms with Gasteiger partial charge in [0.05, 0.1) is 21.7 Å². The van der Waals surface area contributed by atoms with E-state index in [2.05, 4.69) is 0 Å². The van der Waals surface area contributed by atoms with Crippen molar-refractivity contribution in [2.45, 2.75) is 6.42 Å². The zero-order valence-electron chi connectivity index (χ0n) is 10.2. The monoisotopic (exact) mass is 293 g/mol. The minimum absolute atomic E-state index is 0.335. The molecule has 0 saturated heterocycles. The number of aliphatic hydroxyl groups excluding tert-OH is 1. The SMILES string of the molecule is O=C1NC(=O)c2c1cc([N+](=O)[O-])c(CC=CO)c2[N+](=O)[O-]. The van der Waals surface area contributed by atoms with Crippen LogP contribution in [0.1, 0.15) is 26.3 Å². The Morgan fingerprint density at radius 3 is 2.38 bits per heavy atom. The summed E-state index contributed by atoms with van der Waals surface area (Å²) in [6.07, 6.45) is 1.29. The van der Waals surface area contributed by atoms with Crippen LogP contribution in [0.5, 0.6) is 0 Å². The van der Waals surface area contributed by atoms with Gasteiger partial charge in [-0.15, -0.1) is 0 Å². The van der Waals surface area contributed by atoms with Gasteiger partial charge in [0.1, 0.15) is 11.1 Å². The molecule has 1 aliphatic rings. The van der Waals surface area contributed by atoms with Crippen LogP contribution in [0.25, 0.3) is 0 Å². The topological polar surface area (TPSA) is 153 Å². The van der Waals surface area contributed by atoms with Crippen molar-refractivity contribution in [3.8, 4) is 0 Å². The number of nitrogens with one attached hydrogen (secondary N) is 1. The number of allylic oxidation sites excluding steroid dienone is 1. The van der Waals surface area contributed by atoms with Crippen molar-refractivity contribution in [2.24, 2.45) is 0 Å². The molecule has 0 radical (unpaired) electrons. The maximum atomic E-state index is 11.6. The Bertz CT molecular complexity index is 723. The van der Waals surface area contributed by atoms with Gasteiger partial charge in [0, 0.05) is 12.5 Å². The third kappa shape index (κ3) is 2.18. The summed E-state index contributed by atoms with van der Waals surface area (Å²) in [6, 6.07) is 0.823. The molecule has 2 rings (SSSR count). The molecule has 1 aliphatic heterocycles. The average Bonchev–Trinajstić information content (AvgIpc) is 2.69. The average molecular weight is 293 g/mol. The Hall–Kier alpha value is -3.30. The summed E-state index contributed by atoms with van der Waals surface area (Å²) >= 11 is 0. The second-order valence-corrected chi connectivity index (χ2v) is 4.03. The number of fused-ring (bicyclic) bond motifs is 1. The zero-order valence-corrected chi connectivity index (χ0v) is 10.2. The van der Waals surface area contributed by atoms with Crippen molar-refractivity contribution in [3.05, 3.63) is 55.3 Å². The molecule has 0 unspecified atom stereocenters. The highest BCUT2D eigenvalue weighted by Crippen LogP contribution is 2.37. The number of benzene rings is 1. The van der Waals surface area contributed by atoms with E-state index in [0.29, 0.717) is 6.26 Å². The minimum atomic E-state index is -0.981. The predicted molar refractivity (Wildman–Crippen MR) is 67.0 cm³/mol. The second-order valence-electron chi connectivity index (χ2n) is 4.03. The van der Waals surface area contributed by atoms with Crippen LogP contribution in [0.3, 0.4) is 0 Å². The molecule has 10 heteroatoms. The Morgan fingerprint density at radius 2 is 1.86 bits per heavy atom. The molecule has 0 aliphatic carbocycles. The number of rotatable bonds is 4. The summed E-state index contributed by atoms with van der Waals surface area (Å²) in [6.45, 7) is 0. The normalized spacial score (nSPS) is 13.3. The summed E-state index contributed by atoms with van der Waals surface area (Å²) in [5.41, 5.74) is -2.74. The molecule has 0 aromatic heterocycles. The Kier molecular flexibility index (Phi) is 3.36. The Balaban J connectivity index is 2.87. The Morgan fingerprint density at radius 1 is 1.19 bits per heavy atom. The third-order valence-electron chi connectivity index (χ3n) is 2.89. The van der Waals surface area contributed by atoms with Gasteiger partial charge in [0.15, 0.2) is 0 Å². The highest BCUT2D eigenvalue weighted by Gasteiger charge is 2.40. The number of aliphatic hydroxyl groups is 1. The van der Waals surface area contributed by atoms with Gasteiger partial charge in [-0.1, -0.05) is 0 Å². The highest BCUT2D eigenvalue weighted by atomic mass is 16.6.